The van der Waals surface area contributed by atoms with E-state index in [1.54, 1.807) is 0 Å². The first kappa shape index (κ1) is 59.6. The summed E-state index contributed by atoms with van der Waals surface area (Å²) in [7, 11) is 0. The molecule has 0 aromatic heterocycles. The lowest BCUT2D eigenvalue weighted by atomic mass is 10.0. The maximum atomic E-state index is 12.5. The van der Waals surface area contributed by atoms with Gasteiger partial charge in [-0.15, -0.1) is 0 Å². The summed E-state index contributed by atoms with van der Waals surface area (Å²) in [5, 5.41) is 23.3. The monoisotopic (exact) mass is 862 g/mol. The molecule has 6 heteroatoms. The Bertz CT molecular complexity index is 909. The van der Waals surface area contributed by atoms with E-state index in [-0.39, 0.29) is 18.5 Å². The molecule has 2 unspecified atom stereocenters. The van der Waals surface area contributed by atoms with E-state index in [1.807, 2.05) is 0 Å². The van der Waals surface area contributed by atoms with Crippen LogP contribution in [0.1, 0.15) is 303 Å². The number of esters is 1. The van der Waals surface area contributed by atoms with Gasteiger partial charge in [0.25, 0.3) is 0 Å². The molecule has 0 rings (SSSR count). The summed E-state index contributed by atoms with van der Waals surface area (Å²) in [6.07, 6.45) is 59.0. The van der Waals surface area contributed by atoms with Gasteiger partial charge in [0.2, 0.25) is 5.91 Å². The first-order valence-electron chi connectivity index (χ1n) is 27.4. The minimum Gasteiger partial charge on any atom is -0.466 e. The number of rotatable bonds is 51. The third-order valence-electron chi connectivity index (χ3n) is 12.8. The van der Waals surface area contributed by atoms with Crippen molar-refractivity contribution in [2.45, 2.75) is 315 Å². The molecule has 0 bridgehead atoms. The molecule has 0 radical (unpaired) electrons. The summed E-state index contributed by atoms with van der Waals surface area (Å²) in [6.45, 7) is 4.91. The largest absolute Gasteiger partial charge is 0.466 e. The molecule has 0 aliphatic heterocycles. The number of aliphatic hydroxyl groups is 2. The standard InChI is InChI=1S/C55H107NO5/c1-3-5-7-9-11-13-15-17-19-20-22-23-27-31-35-39-43-47-53(58)52(51-57)56-54(59)48-44-40-36-32-28-25-26-30-34-38-42-46-50-61-55(60)49-45-41-37-33-29-24-21-18-16-14-12-10-8-6-4-2/h26,30,52-53,57-58H,3-25,27-29,31-51H2,1-2H3,(H,56,59)/b30-26-. The van der Waals surface area contributed by atoms with Gasteiger partial charge in [-0.1, -0.05) is 244 Å². The average molecular weight is 862 g/mol. The Hall–Kier alpha value is -1.40. The molecule has 3 N–H and O–H groups in total. The highest BCUT2D eigenvalue weighted by molar-refractivity contribution is 5.76. The van der Waals surface area contributed by atoms with Crippen molar-refractivity contribution in [3.05, 3.63) is 12.2 Å². The van der Waals surface area contributed by atoms with E-state index in [4.69, 9.17) is 4.74 Å². The predicted octanol–water partition coefficient (Wildman–Crippen LogP) is 16.5. The molecule has 0 aliphatic carbocycles. The van der Waals surface area contributed by atoms with Crippen molar-refractivity contribution in [3.63, 3.8) is 0 Å². The summed E-state index contributed by atoms with van der Waals surface area (Å²) >= 11 is 0. The Morgan fingerprint density at radius 2 is 0.770 bits per heavy atom. The fraction of sp³-hybridized carbons (Fsp3) is 0.927. The van der Waals surface area contributed by atoms with E-state index in [2.05, 4.69) is 31.3 Å². The van der Waals surface area contributed by atoms with Crippen LogP contribution in [0.2, 0.25) is 0 Å². The van der Waals surface area contributed by atoms with E-state index in [9.17, 15) is 19.8 Å². The first-order valence-corrected chi connectivity index (χ1v) is 27.4. The fourth-order valence-corrected chi connectivity index (χ4v) is 8.58. The maximum absolute atomic E-state index is 12.5. The molecule has 0 spiro atoms. The molecule has 0 aromatic carbocycles. The van der Waals surface area contributed by atoms with Gasteiger partial charge in [-0.25, -0.2) is 0 Å². The van der Waals surface area contributed by atoms with Crippen LogP contribution in [0.3, 0.4) is 0 Å². The quantitative estimate of drug-likeness (QED) is 0.0322. The van der Waals surface area contributed by atoms with Gasteiger partial charge in [-0.2, -0.15) is 0 Å². The molecular weight excluding hydrogens is 755 g/mol. The SMILES string of the molecule is CCCCCCCCCCCCCCCCCCCC(O)C(CO)NC(=O)CCCCCCC/C=C\CCCCCOC(=O)CCCCCCCCCCCCCCCCC. The number of allylic oxidation sites excluding steroid dienone is 2. The molecular formula is C55H107NO5. The molecule has 0 heterocycles. The van der Waals surface area contributed by atoms with Crippen molar-refractivity contribution in [2.24, 2.45) is 0 Å². The summed E-state index contributed by atoms with van der Waals surface area (Å²) in [6, 6.07) is -0.559. The van der Waals surface area contributed by atoms with E-state index in [1.165, 1.54) is 193 Å². The lowest BCUT2D eigenvalue weighted by Gasteiger charge is -2.22. The van der Waals surface area contributed by atoms with Crippen molar-refractivity contribution in [1.29, 1.82) is 0 Å². The normalized spacial score (nSPS) is 12.7. The fourth-order valence-electron chi connectivity index (χ4n) is 8.58. The van der Waals surface area contributed by atoms with Crippen LogP contribution >= 0.6 is 0 Å². The van der Waals surface area contributed by atoms with Crippen LogP contribution in [-0.4, -0.2) is 47.4 Å². The Morgan fingerprint density at radius 1 is 0.443 bits per heavy atom. The minimum absolute atomic E-state index is 0.0193. The molecule has 2 atom stereocenters. The van der Waals surface area contributed by atoms with Crippen LogP contribution in [0.15, 0.2) is 12.2 Å². The minimum atomic E-state index is -0.679. The van der Waals surface area contributed by atoms with Gasteiger partial charge in [0.1, 0.15) is 0 Å². The molecule has 6 nitrogen and oxygen atoms in total. The van der Waals surface area contributed by atoms with Crippen LogP contribution in [0.5, 0.6) is 0 Å². The molecule has 1 amide bonds. The Balaban J connectivity index is 3.49. The Kier molecular flexibility index (Phi) is 50.1. The number of ether oxygens (including phenoxy) is 1. The van der Waals surface area contributed by atoms with E-state index in [0.29, 0.717) is 25.9 Å². The third-order valence-corrected chi connectivity index (χ3v) is 12.8. The molecule has 362 valence electrons. The second-order valence-corrected chi connectivity index (χ2v) is 18.9. The number of carbonyl (C=O) groups excluding carboxylic acids is 2. The topological polar surface area (TPSA) is 95.9 Å². The summed E-state index contributed by atoms with van der Waals surface area (Å²) in [5.74, 6) is -0.0776. The number of carbonyl (C=O) groups is 2. The van der Waals surface area contributed by atoms with Gasteiger partial charge >= 0.3 is 5.97 Å². The Morgan fingerprint density at radius 3 is 1.16 bits per heavy atom. The number of unbranched alkanes of at least 4 members (excludes halogenated alkanes) is 38. The molecule has 61 heavy (non-hydrogen) atoms. The highest BCUT2D eigenvalue weighted by Gasteiger charge is 2.20. The van der Waals surface area contributed by atoms with E-state index < -0.39 is 12.1 Å². The molecule has 0 aromatic rings. The van der Waals surface area contributed by atoms with Crippen LogP contribution < -0.4 is 5.32 Å². The molecule has 0 aliphatic rings. The van der Waals surface area contributed by atoms with E-state index in [0.717, 1.165) is 77.0 Å². The van der Waals surface area contributed by atoms with Crippen LogP contribution in [-0.2, 0) is 14.3 Å². The van der Waals surface area contributed by atoms with Gasteiger partial charge < -0.3 is 20.3 Å². The van der Waals surface area contributed by atoms with Crippen molar-refractivity contribution < 1.29 is 24.5 Å². The van der Waals surface area contributed by atoms with Crippen molar-refractivity contribution in [1.82, 2.24) is 5.32 Å². The number of nitrogens with one attached hydrogen (secondary N) is 1. The zero-order valence-corrected chi connectivity index (χ0v) is 41.2. The van der Waals surface area contributed by atoms with Gasteiger partial charge in [0.15, 0.2) is 0 Å². The zero-order valence-electron chi connectivity index (χ0n) is 41.2. The van der Waals surface area contributed by atoms with Crippen molar-refractivity contribution >= 4 is 11.9 Å². The highest BCUT2D eigenvalue weighted by atomic mass is 16.5. The lowest BCUT2D eigenvalue weighted by molar-refractivity contribution is -0.143. The predicted molar refractivity (Wildman–Crippen MR) is 264 cm³/mol. The third kappa shape index (κ3) is 47.9. The number of hydrogen-bond acceptors (Lipinski definition) is 5. The number of aliphatic hydroxyl groups excluding tert-OH is 2. The van der Waals surface area contributed by atoms with E-state index >= 15 is 0 Å². The second-order valence-electron chi connectivity index (χ2n) is 18.9. The highest BCUT2D eigenvalue weighted by Crippen LogP contribution is 2.17. The molecule has 0 fully saturated rings. The molecule has 0 saturated carbocycles. The van der Waals surface area contributed by atoms with Crippen molar-refractivity contribution in [2.75, 3.05) is 13.2 Å². The summed E-state index contributed by atoms with van der Waals surface area (Å²) in [5.41, 5.74) is 0. The van der Waals surface area contributed by atoms with Crippen LogP contribution in [0, 0.1) is 0 Å². The van der Waals surface area contributed by atoms with Gasteiger partial charge in [-0.3, -0.25) is 9.59 Å². The second kappa shape index (κ2) is 51.2. The summed E-state index contributed by atoms with van der Waals surface area (Å²) < 4.78 is 5.45. The zero-order chi connectivity index (χ0) is 44.4. The summed E-state index contributed by atoms with van der Waals surface area (Å²) in [4.78, 5) is 24.5. The van der Waals surface area contributed by atoms with Gasteiger partial charge in [0, 0.05) is 12.8 Å². The maximum Gasteiger partial charge on any atom is 0.305 e. The van der Waals surface area contributed by atoms with Gasteiger partial charge in [0.05, 0.1) is 25.4 Å². The average Bonchev–Trinajstić information content (AvgIpc) is 3.26. The number of hydrogen-bond donors (Lipinski definition) is 3. The number of amides is 1. The Labute approximate surface area is 380 Å². The van der Waals surface area contributed by atoms with Crippen LogP contribution in [0.25, 0.3) is 0 Å². The smallest absolute Gasteiger partial charge is 0.305 e. The first-order chi connectivity index (χ1) is 30.0. The van der Waals surface area contributed by atoms with Crippen LogP contribution in [0.4, 0.5) is 0 Å². The molecule has 0 saturated heterocycles. The van der Waals surface area contributed by atoms with Crippen molar-refractivity contribution in [3.8, 4) is 0 Å². The lowest BCUT2D eigenvalue weighted by Crippen LogP contribution is -2.45. The van der Waals surface area contributed by atoms with Gasteiger partial charge in [-0.05, 0) is 57.8 Å².